The third kappa shape index (κ3) is 4.36. The first-order valence-corrected chi connectivity index (χ1v) is 10.2. The molecule has 0 spiro atoms. The molecule has 3 rings (SSSR count). The minimum Gasteiger partial charge on any atom is -0.465 e. The van der Waals surface area contributed by atoms with Crippen molar-refractivity contribution in [2.75, 3.05) is 7.11 Å². The molecular weight excluding hydrogens is 397 g/mol. The third-order valence-corrected chi connectivity index (χ3v) is 6.06. The van der Waals surface area contributed by atoms with Crippen molar-refractivity contribution in [3.05, 3.63) is 77.4 Å². The lowest BCUT2D eigenvalue weighted by molar-refractivity contribution is 0.0600. The van der Waals surface area contributed by atoms with E-state index < -0.39 is 22.0 Å². The van der Waals surface area contributed by atoms with Gasteiger partial charge in [0.2, 0.25) is 10.0 Å². The predicted molar refractivity (Wildman–Crippen MR) is 105 cm³/mol. The second-order valence-corrected chi connectivity index (χ2v) is 8.15. The van der Waals surface area contributed by atoms with Gasteiger partial charge in [0.25, 0.3) is 0 Å². The molecule has 0 unspecified atom stereocenters. The molecule has 1 N–H and O–H groups in total. The minimum atomic E-state index is -3.82. The van der Waals surface area contributed by atoms with E-state index in [9.17, 15) is 17.6 Å². The molecule has 0 amide bonds. The molecule has 7 nitrogen and oxygen atoms in total. The van der Waals surface area contributed by atoms with Crippen molar-refractivity contribution in [3.8, 4) is 5.69 Å². The molecule has 152 valence electrons. The maximum Gasteiger partial charge on any atom is 0.337 e. The number of nitrogens with one attached hydrogen (secondary N) is 1. The number of methoxy groups -OCH3 is 1. The monoisotopic (exact) mass is 417 g/mol. The molecule has 2 aromatic carbocycles. The number of halogens is 1. The second kappa shape index (κ2) is 8.14. The van der Waals surface area contributed by atoms with Crippen LogP contribution in [0, 0.1) is 12.7 Å². The number of nitrogens with zero attached hydrogens (tertiary/aromatic N) is 2. The summed E-state index contributed by atoms with van der Waals surface area (Å²) in [5.41, 5.74) is 2.34. The fourth-order valence-corrected chi connectivity index (χ4v) is 4.17. The van der Waals surface area contributed by atoms with E-state index in [1.54, 1.807) is 29.9 Å². The number of esters is 1. The Morgan fingerprint density at radius 3 is 2.34 bits per heavy atom. The van der Waals surface area contributed by atoms with Crippen LogP contribution in [-0.4, -0.2) is 31.3 Å². The average molecular weight is 417 g/mol. The van der Waals surface area contributed by atoms with Crippen molar-refractivity contribution in [2.45, 2.75) is 24.8 Å². The van der Waals surface area contributed by atoms with Crippen molar-refractivity contribution in [2.24, 2.45) is 0 Å². The van der Waals surface area contributed by atoms with Crippen LogP contribution in [-0.2, 0) is 14.8 Å². The molecular formula is C20H20FN3O4S. The van der Waals surface area contributed by atoms with Crippen LogP contribution in [0.2, 0.25) is 0 Å². The average Bonchev–Trinajstić information content (AvgIpc) is 3.09. The number of hydrogen-bond donors (Lipinski definition) is 1. The number of sulfonamides is 1. The van der Waals surface area contributed by atoms with Gasteiger partial charge >= 0.3 is 5.97 Å². The molecule has 1 aromatic heterocycles. The SMILES string of the molecule is COC(=O)c1ccc(S(=O)(=O)N[C@H](C)c2cnn(-c3ccc(F)cc3)c2C)cc1. The predicted octanol–water partition coefficient (Wildman–Crippen LogP) is 3.15. The molecule has 0 bridgehead atoms. The highest BCUT2D eigenvalue weighted by atomic mass is 32.2. The standard InChI is InChI=1S/C20H20FN3O4S/c1-13(19-12-22-24(14(19)2)17-8-6-16(21)7-9-17)23-29(26,27)18-10-4-15(5-11-18)20(25)28-3/h4-13,23H,1-3H3/t13-/m1/s1. The largest absolute Gasteiger partial charge is 0.465 e. The van der Waals surface area contributed by atoms with Crippen LogP contribution in [0.4, 0.5) is 4.39 Å². The second-order valence-electron chi connectivity index (χ2n) is 6.43. The highest BCUT2D eigenvalue weighted by Crippen LogP contribution is 2.22. The lowest BCUT2D eigenvalue weighted by Gasteiger charge is -2.15. The third-order valence-electron chi connectivity index (χ3n) is 4.50. The zero-order chi connectivity index (χ0) is 21.2. The number of aromatic nitrogens is 2. The van der Waals surface area contributed by atoms with Crippen LogP contribution in [0.15, 0.2) is 59.6 Å². The van der Waals surface area contributed by atoms with Gasteiger partial charge in [0.05, 0.1) is 29.5 Å². The summed E-state index contributed by atoms with van der Waals surface area (Å²) in [5, 5.41) is 4.29. The van der Waals surface area contributed by atoms with E-state index in [4.69, 9.17) is 0 Å². The van der Waals surface area contributed by atoms with E-state index in [1.165, 1.54) is 43.5 Å². The molecule has 0 saturated heterocycles. The van der Waals surface area contributed by atoms with Crippen molar-refractivity contribution in [3.63, 3.8) is 0 Å². The van der Waals surface area contributed by atoms with Crippen LogP contribution in [0.3, 0.4) is 0 Å². The van der Waals surface area contributed by atoms with Crippen molar-refractivity contribution in [1.29, 1.82) is 0 Å². The Balaban J connectivity index is 1.81. The highest BCUT2D eigenvalue weighted by Gasteiger charge is 2.22. The molecule has 1 heterocycles. The topological polar surface area (TPSA) is 90.3 Å². The fourth-order valence-electron chi connectivity index (χ4n) is 2.94. The van der Waals surface area contributed by atoms with E-state index >= 15 is 0 Å². The summed E-state index contributed by atoms with van der Waals surface area (Å²) < 4.78 is 47.4. The lowest BCUT2D eigenvalue weighted by atomic mass is 10.1. The summed E-state index contributed by atoms with van der Waals surface area (Å²) >= 11 is 0. The van der Waals surface area contributed by atoms with E-state index in [-0.39, 0.29) is 16.3 Å². The summed E-state index contributed by atoms with van der Waals surface area (Å²) in [6.45, 7) is 3.51. The minimum absolute atomic E-state index is 0.0283. The molecule has 9 heteroatoms. The molecule has 0 aliphatic carbocycles. The number of rotatable bonds is 6. The molecule has 0 fully saturated rings. The molecule has 0 saturated carbocycles. The number of carbonyl (C=O) groups is 1. The van der Waals surface area contributed by atoms with E-state index in [0.29, 0.717) is 11.3 Å². The Labute approximate surface area is 168 Å². The number of carbonyl (C=O) groups excluding carboxylic acids is 1. The van der Waals surface area contributed by atoms with Crippen LogP contribution in [0.25, 0.3) is 5.69 Å². The normalized spacial score (nSPS) is 12.6. The van der Waals surface area contributed by atoms with Crippen LogP contribution < -0.4 is 4.72 Å². The summed E-state index contributed by atoms with van der Waals surface area (Å²) in [4.78, 5) is 11.5. The maximum absolute atomic E-state index is 13.1. The molecule has 0 radical (unpaired) electrons. The Kier molecular flexibility index (Phi) is 5.81. The van der Waals surface area contributed by atoms with Gasteiger partial charge in [0.1, 0.15) is 5.82 Å². The van der Waals surface area contributed by atoms with Gasteiger partial charge in [-0.1, -0.05) is 0 Å². The first-order chi connectivity index (χ1) is 13.7. The molecule has 0 aliphatic heterocycles. The van der Waals surface area contributed by atoms with Crippen molar-refractivity contribution < 1.29 is 22.3 Å². The number of benzene rings is 2. The molecule has 1 atom stereocenters. The molecule has 3 aromatic rings. The Morgan fingerprint density at radius 2 is 1.76 bits per heavy atom. The van der Waals surface area contributed by atoms with Gasteiger partial charge in [-0.3, -0.25) is 0 Å². The molecule has 0 aliphatic rings. The van der Waals surface area contributed by atoms with Gasteiger partial charge in [-0.25, -0.2) is 27.0 Å². The van der Waals surface area contributed by atoms with Crippen LogP contribution >= 0.6 is 0 Å². The first-order valence-electron chi connectivity index (χ1n) is 8.74. The number of ether oxygens (including phenoxy) is 1. The van der Waals surface area contributed by atoms with E-state index in [0.717, 1.165) is 5.69 Å². The van der Waals surface area contributed by atoms with Gasteiger partial charge in [0.15, 0.2) is 0 Å². The van der Waals surface area contributed by atoms with Crippen molar-refractivity contribution in [1.82, 2.24) is 14.5 Å². The number of hydrogen-bond acceptors (Lipinski definition) is 5. The lowest BCUT2D eigenvalue weighted by Crippen LogP contribution is -2.27. The van der Waals surface area contributed by atoms with Gasteiger partial charge in [-0.2, -0.15) is 5.10 Å². The summed E-state index contributed by atoms with van der Waals surface area (Å²) in [6.07, 6.45) is 1.58. The van der Waals surface area contributed by atoms with Crippen LogP contribution in [0.5, 0.6) is 0 Å². The summed E-state index contributed by atoms with van der Waals surface area (Å²) in [7, 11) is -2.57. The van der Waals surface area contributed by atoms with E-state index in [2.05, 4.69) is 14.6 Å². The highest BCUT2D eigenvalue weighted by molar-refractivity contribution is 7.89. The van der Waals surface area contributed by atoms with Crippen molar-refractivity contribution >= 4 is 16.0 Å². The maximum atomic E-state index is 13.1. The van der Waals surface area contributed by atoms with E-state index in [1.807, 2.05) is 6.92 Å². The zero-order valence-corrected chi connectivity index (χ0v) is 16.9. The Morgan fingerprint density at radius 1 is 1.14 bits per heavy atom. The Hall–Kier alpha value is -3.04. The molecule has 29 heavy (non-hydrogen) atoms. The van der Waals surface area contributed by atoms with Gasteiger partial charge in [0, 0.05) is 17.3 Å². The van der Waals surface area contributed by atoms with Gasteiger partial charge < -0.3 is 4.74 Å². The first kappa shape index (κ1) is 20.7. The van der Waals surface area contributed by atoms with Crippen LogP contribution in [0.1, 0.15) is 34.6 Å². The fraction of sp³-hybridized carbons (Fsp3) is 0.200. The summed E-state index contributed by atoms with van der Waals surface area (Å²) in [6, 6.07) is 10.8. The zero-order valence-electron chi connectivity index (χ0n) is 16.1. The quantitative estimate of drug-likeness (QED) is 0.623. The Bertz CT molecular complexity index is 1120. The van der Waals surface area contributed by atoms with Gasteiger partial charge in [-0.15, -0.1) is 0 Å². The smallest absolute Gasteiger partial charge is 0.337 e. The summed E-state index contributed by atoms with van der Waals surface area (Å²) in [5.74, 6) is -0.891. The van der Waals surface area contributed by atoms with Gasteiger partial charge in [-0.05, 0) is 62.4 Å².